The summed E-state index contributed by atoms with van der Waals surface area (Å²) in [7, 11) is 0. The Balaban J connectivity index is 0.00000182. The summed E-state index contributed by atoms with van der Waals surface area (Å²) in [6.45, 7) is 3.91. The van der Waals surface area contributed by atoms with Crippen LogP contribution in [0.4, 0.5) is 19.0 Å². The van der Waals surface area contributed by atoms with Gasteiger partial charge in [-0.25, -0.2) is 9.97 Å². The number of aromatic nitrogens is 2. The molecule has 1 N–H and O–H groups in total. The van der Waals surface area contributed by atoms with Gasteiger partial charge in [-0.1, -0.05) is 6.07 Å². The van der Waals surface area contributed by atoms with Gasteiger partial charge in [0.15, 0.2) is 0 Å². The number of halogens is 4. The van der Waals surface area contributed by atoms with E-state index in [0.29, 0.717) is 16.3 Å². The van der Waals surface area contributed by atoms with E-state index in [4.69, 9.17) is 0 Å². The van der Waals surface area contributed by atoms with Crippen molar-refractivity contribution in [3.05, 3.63) is 30.1 Å². The zero-order valence-corrected chi connectivity index (χ0v) is 14.5. The van der Waals surface area contributed by atoms with Gasteiger partial charge in [-0.15, -0.1) is 12.4 Å². The van der Waals surface area contributed by atoms with Crippen LogP contribution < -0.4 is 10.2 Å². The predicted molar refractivity (Wildman–Crippen MR) is 93.3 cm³/mol. The lowest BCUT2D eigenvalue weighted by molar-refractivity contribution is -0.127. The van der Waals surface area contributed by atoms with E-state index in [2.05, 4.69) is 20.2 Å². The fourth-order valence-electron chi connectivity index (χ4n) is 3.71. The Labute approximate surface area is 150 Å². The molecule has 2 aliphatic heterocycles. The second kappa shape index (κ2) is 6.61. The van der Waals surface area contributed by atoms with Gasteiger partial charge < -0.3 is 10.2 Å². The largest absolute Gasteiger partial charge is 0.393 e. The Bertz CT molecular complexity index is 751. The first-order valence-electron chi connectivity index (χ1n) is 8.20. The lowest BCUT2D eigenvalue weighted by atomic mass is 9.73. The standard InChI is InChI=1S/C17H19F3N4.ClH/c18-17(19,20)8-12-1-2-14-13(7-12)15(23-11-22-14)24-5-3-16(4-6-24)9-21-10-16;/h1-2,7,11,21H,3-6,8-10H2;1H. The maximum absolute atomic E-state index is 12.7. The second-order valence-corrected chi connectivity index (χ2v) is 6.93. The van der Waals surface area contributed by atoms with Crippen molar-refractivity contribution in [2.75, 3.05) is 31.1 Å². The number of fused-ring (bicyclic) bond motifs is 1. The molecule has 0 radical (unpaired) electrons. The minimum absolute atomic E-state index is 0. The molecule has 2 fully saturated rings. The summed E-state index contributed by atoms with van der Waals surface area (Å²) in [4.78, 5) is 10.8. The zero-order valence-electron chi connectivity index (χ0n) is 13.6. The van der Waals surface area contributed by atoms with Crippen LogP contribution >= 0.6 is 12.4 Å². The van der Waals surface area contributed by atoms with E-state index in [0.717, 1.165) is 44.8 Å². The van der Waals surface area contributed by atoms with Crippen molar-refractivity contribution < 1.29 is 13.2 Å². The van der Waals surface area contributed by atoms with Crippen molar-refractivity contribution in [1.82, 2.24) is 15.3 Å². The van der Waals surface area contributed by atoms with Crippen LogP contribution in [0.25, 0.3) is 10.9 Å². The second-order valence-electron chi connectivity index (χ2n) is 6.93. The van der Waals surface area contributed by atoms with Crippen LogP contribution in [0.1, 0.15) is 18.4 Å². The molecule has 0 bridgehead atoms. The Morgan fingerprint density at radius 1 is 1.12 bits per heavy atom. The highest BCUT2D eigenvalue weighted by atomic mass is 35.5. The molecule has 1 aromatic carbocycles. The van der Waals surface area contributed by atoms with E-state index in [1.54, 1.807) is 12.1 Å². The average molecular weight is 373 g/mol. The molecule has 25 heavy (non-hydrogen) atoms. The maximum atomic E-state index is 12.7. The van der Waals surface area contributed by atoms with Crippen LogP contribution in [0.15, 0.2) is 24.5 Å². The van der Waals surface area contributed by atoms with E-state index in [1.165, 1.54) is 12.4 Å². The van der Waals surface area contributed by atoms with Gasteiger partial charge in [0.25, 0.3) is 0 Å². The number of hydrogen-bond acceptors (Lipinski definition) is 4. The third-order valence-corrected chi connectivity index (χ3v) is 5.21. The SMILES string of the molecule is Cl.FC(F)(F)Cc1ccc2ncnc(N3CCC4(CC3)CNC4)c2c1. The summed E-state index contributed by atoms with van der Waals surface area (Å²) in [5.74, 6) is 0.756. The Morgan fingerprint density at radius 3 is 2.44 bits per heavy atom. The molecular formula is C17H20ClF3N4. The van der Waals surface area contributed by atoms with Gasteiger partial charge in [0.05, 0.1) is 11.9 Å². The maximum Gasteiger partial charge on any atom is 0.393 e. The number of piperidine rings is 1. The van der Waals surface area contributed by atoms with Crippen molar-refractivity contribution in [2.24, 2.45) is 5.41 Å². The smallest absolute Gasteiger partial charge is 0.356 e. The van der Waals surface area contributed by atoms with E-state index in [-0.39, 0.29) is 18.0 Å². The molecule has 0 atom stereocenters. The molecule has 2 aromatic rings. The molecule has 8 heteroatoms. The van der Waals surface area contributed by atoms with Gasteiger partial charge in [-0.05, 0) is 36.0 Å². The van der Waals surface area contributed by atoms with Gasteiger partial charge in [0.2, 0.25) is 0 Å². The van der Waals surface area contributed by atoms with Crippen LogP contribution in [0, 0.1) is 5.41 Å². The van der Waals surface area contributed by atoms with E-state index in [9.17, 15) is 13.2 Å². The topological polar surface area (TPSA) is 41.1 Å². The quantitative estimate of drug-likeness (QED) is 0.877. The molecule has 0 amide bonds. The molecule has 2 aliphatic rings. The van der Waals surface area contributed by atoms with Crippen LogP contribution in [0.2, 0.25) is 0 Å². The van der Waals surface area contributed by atoms with Gasteiger partial charge in [-0.2, -0.15) is 13.2 Å². The number of anilines is 1. The van der Waals surface area contributed by atoms with E-state index >= 15 is 0 Å². The molecule has 4 nitrogen and oxygen atoms in total. The fourth-order valence-corrected chi connectivity index (χ4v) is 3.71. The van der Waals surface area contributed by atoms with Crippen molar-refractivity contribution in [3.63, 3.8) is 0 Å². The first kappa shape index (κ1) is 18.2. The lowest BCUT2D eigenvalue weighted by Crippen LogP contribution is -2.58. The van der Waals surface area contributed by atoms with E-state index in [1.807, 2.05) is 0 Å². The zero-order chi connectivity index (χ0) is 16.8. The molecule has 3 heterocycles. The summed E-state index contributed by atoms with van der Waals surface area (Å²) >= 11 is 0. The van der Waals surface area contributed by atoms with Crippen molar-refractivity contribution in [1.29, 1.82) is 0 Å². The highest BCUT2D eigenvalue weighted by Gasteiger charge is 2.40. The van der Waals surface area contributed by atoms with Crippen molar-refractivity contribution in [3.8, 4) is 0 Å². The Hall–Kier alpha value is -1.60. The molecule has 1 aromatic heterocycles. The van der Waals surface area contributed by atoms with Crippen LogP contribution in [0.3, 0.4) is 0 Å². The number of rotatable bonds is 2. The normalized spacial score (nSPS) is 19.6. The molecule has 2 saturated heterocycles. The monoisotopic (exact) mass is 372 g/mol. The molecule has 0 aliphatic carbocycles. The van der Waals surface area contributed by atoms with Crippen LogP contribution in [0.5, 0.6) is 0 Å². The minimum atomic E-state index is -4.21. The van der Waals surface area contributed by atoms with Crippen molar-refractivity contribution >= 4 is 29.1 Å². The summed E-state index contributed by atoms with van der Waals surface area (Å²) in [5.41, 5.74) is 1.36. The van der Waals surface area contributed by atoms with E-state index < -0.39 is 12.6 Å². The lowest BCUT2D eigenvalue weighted by Gasteiger charge is -2.48. The minimum Gasteiger partial charge on any atom is -0.356 e. The molecule has 0 saturated carbocycles. The third kappa shape index (κ3) is 3.67. The van der Waals surface area contributed by atoms with Gasteiger partial charge in [-0.3, -0.25) is 0 Å². The first-order valence-corrected chi connectivity index (χ1v) is 8.20. The molecule has 0 unspecified atom stereocenters. The summed E-state index contributed by atoms with van der Waals surface area (Å²) in [5, 5.41) is 4.04. The third-order valence-electron chi connectivity index (χ3n) is 5.21. The highest BCUT2D eigenvalue weighted by molar-refractivity contribution is 5.90. The van der Waals surface area contributed by atoms with Crippen molar-refractivity contribution in [2.45, 2.75) is 25.4 Å². The summed E-state index contributed by atoms with van der Waals surface area (Å²) < 4.78 is 38.0. The van der Waals surface area contributed by atoms with Crippen LogP contribution in [-0.4, -0.2) is 42.3 Å². The molecule has 1 spiro atoms. The number of nitrogens with zero attached hydrogens (tertiary/aromatic N) is 3. The Morgan fingerprint density at radius 2 is 1.84 bits per heavy atom. The fraction of sp³-hybridized carbons (Fsp3) is 0.529. The average Bonchev–Trinajstić information content (AvgIpc) is 2.51. The van der Waals surface area contributed by atoms with Gasteiger partial charge >= 0.3 is 6.18 Å². The van der Waals surface area contributed by atoms with Gasteiger partial charge in [0, 0.05) is 31.6 Å². The number of nitrogens with one attached hydrogen (secondary N) is 1. The van der Waals surface area contributed by atoms with Gasteiger partial charge in [0.1, 0.15) is 12.1 Å². The molecule has 136 valence electrons. The number of hydrogen-bond donors (Lipinski definition) is 1. The highest BCUT2D eigenvalue weighted by Crippen LogP contribution is 2.37. The predicted octanol–water partition coefficient (Wildman–Crippen LogP) is 3.35. The summed E-state index contributed by atoms with van der Waals surface area (Å²) in [6, 6.07) is 4.74. The van der Waals surface area contributed by atoms with Crippen LogP contribution in [-0.2, 0) is 6.42 Å². The first-order chi connectivity index (χ1) is 11.4. The summed E-state index contributed by atoms with van der Waals surface area (Å²) in [6.07, 6.45) is -1.46. The molecule has 4 rings (SSSR count). The molecular weight excluding hydrogens is 353 g/mol. The number of alkyl halides is 3. The Kier molecular flexibility index (Phi) is 4.81. The number of benzene rings is 1.